The van der Waals surface area contributed by atoms with Crippen LogP contribution in [0.3, 0.4) is 0 Å². The lowest BCUT2D eigenvalue weighted by molar-refractivity contribution is 0.0526. The van der Waals surface area contributed by atoms with Gasteiger partial charge in [-0.2, -0.15) is 5.10 Å². The van der Waals surface area contributed by atoms with E-state index >= 15 is 0 Å². The molecule has 0 unspecified atom stereocenters. The van der Waals surface area contributed by atoms with Crippen molar-refractivity contribution in [3.8, 4) is 0 Å². The Kier molecular flexibility index (Phi) is 4.82. The van der Waals surface area contributed by atoms with Crippen molar-refractivity contribution in [2.24, 2.45) is 5.92 Å². The molecule has 2 rings (SSSR count). The molecular weight excluding hydrogens is 268 g/mol. The average molecular weight is 287 g/mol. The van der Waals surface area contributed by atoms with Gasteiger partial charge in [-0.15, -0.1) is 0 Å². The number of aromatic nitrogens is 2. The van der Waals surface area contributed by atoms with Crippen molar-refractivity contribution in [2.45, 2.75) is 38.6 Å². The minimum Gasteiger partial charge on any atom is -0.462 e. The number of ether oxygens (including phenoxy) is 1. The van der Waals surface area contributed by atoms with Crippen LogP contribution in [0.15, 0.2) is 6.20 Å². The van der Waals surface area contributed by atoms with Crippen molar-refractivity contribution >= 4 is 17.6 Å². The first-order valence-electron chi connectivity index (χ1n) is 6.68. The molecule has 1 aliphatic rings. The topological polar surface area (TPSA) is 64.3 Å². The Morgan fingerprint density at radius 3 is 2.79 bits per heavy atom. The third kappa shape index (κ3) is 3.09. The highest BCUT2D eigenvalue weighted by Gasteiger charge is 2.26. The molecule has 0 spiro atoms. The molecule has 0 bridgehead atoms. The van der Waals surface area contributed by atoms with Crippen LogP contribution in [0.2, 0.25) is 5.15 Å². The Labute approximate surface area is 117 Å². The van der Waals surface area contributed by atoms with E-state index in [1.165, 1.54) is 6.20 Å². The number of esters is 1. The van der Waals surface area contributed by atoms with E-state index in [-0.39, 0.29) is 12.6 Å². The maximum atomic E-state index is 11.7. The van der Waals surface area contributed by atoms with Crippen LogP contribution in [-0.2, 0) is 4.74 Å². The van der Waals surface area contributed by atoms with Crippen molar-refractivity contribution in [1.29, 1.82) is 0 Å². The Morgan fingerprint density at radius 2 is 2.21 bits per heavy atom. The van der Waals surface area contributed by atoms with Crippen molar-refractivity contribution in [1.82, 2.24) is 9.78 Å². The first kappa shape index (κ1) is 14.3. The summed E-state index contributed by atoms with van der Waals surface area (Å²) >= 11 is 6.21. The maximum absolute atomic E-state index is 11.7. The van der Waals surface area contributed by atoms with E-state index in [1.807, 2.05) is 0 Å². The molecule has 1 aromatic heterocycles. The van der Waals surface area contributed by atoms with Gasteiger partial charge in [0, 0.05) is 6.61 Å². The van der Waals surface area contributed by atoms with Gasteiger partial charge in [0.25, 0.3) is 0 Å². The smallest absolute Gasteiger partial charge is 0.342 e. The minimum absolute atomic E-state index is 0.207. The number of nitrogens with zero attached hydrogens (tertiary/aromatic N) is 2. The van der Waals surface area contributed by atoms with Gasteiger partial charge in [0.15, 0.2) is 0 Å². The number of carbonyl (C=O) groups excluding carboxylic acids is 1. The fourth-order valence-electron chi connectivity index (χ4n) is 2.52. The Hall–Kier alpha value is -1.07. The Balaban J connectivity index is 2.08. The summed E-state index contributed by atoms with van der Waals surface area (Å²) in [7, 11) is 0. The number of rotatable bonds is 4. The molecule has 1 aliphatic carbocycles. The highest BCUT2D eigenvalue weighted by molar-refractivity contribution is 6.32. The van der Waals surface area contributed by atoms with E-state index in [9.17, 15) is 4.79 Å². The van der Waals surface area contributed by atoms with E-state index in [0.29, 0.717) is 23.2 Å². The van der Waals surface area contributed by atoms with E-state index in [1.54, 1.807) is 11.6 Å². The van der Waals surface area contributed by atoms with E-state index < -0.39 is 5.97 Å². The number of hydrogen-bond acceptors (Lipinski definition) is 4. The third-order valence-electron chi connectivity index (χ3n) is 3.65. The SMILES string of the molecule is CCOC(=O)c1cnn([C@H]2CC[C@H](CO)CC2)c1Cl. The molecule has 0 saturated heterocycles. The molecule has 1 aromatic rings. The largest absolute Gasteiger partial charge is 0.462 e. The van der Waals surface area contributed by atoms with Crippen molar-refractivity contribution in [3.63, 3.8) is 0 Å². The molecule has 106 valence electrons. The number of carbonyl (C=O) groups is 1. The first-order valence-corrected chi connectivity index (χ1v) is 7.06. The van der Waals surface area contributed by atoms with Crippen LogP contribution in [0, 0.1) is 5.92 Å². The van der Waals surface area contributed by atoms with E-state index in [0.717, 1.165) is 25.7 Å². The molecule has 0 aliphatic heterocycles. The van der Waals surface area contributed by atoms with Gasteiger partial charge in [0.1, 0.15) is 10.7 Å². The van der Waals surface area contributed by atoms with E-state index in [2.05, 4.69) is 5.10 Å². The summed E-state index contributed by atoms with van der Waals surface area (Å²) in [6.07, 6.45) is 5.25. The second-order valence-electron chi connectivity index (χ2n) is 4.87. The predicted octanol–water partition coefficient (Wildman–Crippen LogP) is 2.44. The van der Waals surface area contributed by atoms with Crippen LogP contribution in [0.4, 0.5) is 0 Å². The summed E-state index contributed by atoms with van der Waals surface area (Å²) in [5.41, 5.74) is 0.327. The van der Waals surface area contributed by atoms with Gasteiger partial charge >= 0.3 is 5.97 Å². The number of halogens is 1. The lowest BCUT2D eigenvalue weighted by Crippen LogP contribution is -2.21. The zero-order valence-corrected chi connectivity index (χ0v) is 11.8. The maximum Gasteiger partial charge on any atom is 0.342 e. The van der Waals surface area contributed by atoms with Crippen molar-refractivity contribution in [3.05, 3.63) is 16.9 Å². The van der Waals surface area contributed by atoms with Crippen LogP contribution >= 0.6 is 11.6 Å². The average Bonchev–Trinajstić information content (AvgIpc) is 2.81. The summed E-state index contributed by atoms with van der Waals surface area (Å²) in [6.45, 7) is 2.32. The minimum atomic E-state index is -0.428. The lowest BCUT2D eigenvalue weighted by atomic mass is 9.87. The molecule has 1 N–H and O–H groups in total. The van der Waals surface area contributed by atoms with Crippen LogP contribution in [0.5, 0.6) is 0 Å². The van der Waals surface area contributed by atoms with Crippen molar-refractivity contribution < 1.29 is 14.6 Å². The molecule has 1 fully saturated rings. The summed E-state index contributed by atoms with van der Waals surface area (Å²) in [5.74, 6) is -0.0436. The normalized spacial score (nSPS) is 23.3. The summed E-state index contributed by atoms with van der Waals surface area (Å²) in [6, 6.07) is 0.207. The van der Waals surface area contributed by atoms with Crippen LogP contribution in [0.1, 0.15) is 49.0 Å². The molecule has 19 heavy (non-hydrogen) atoms. The van der Waals surface area contributed by atoms with Gasteiger partial charge in [-0.25, -0.2) is 4.79 Å². The lowest BCUT2D eigenvalue weighted by Gasteiger charge is -2.27. The number of hydrogen-bond donors (Lipinski definition) is 1. The zero-order valence-electron chi connectivity index (χ0n) is 11.0. The predicted molar refractivity (Wildman–Crippen MR) is 71.3 cm³/mol. The van der Waals surface area contributed by atoms with Crippen molar-refractivity contribution in [2.75, 3.05) is 13.2 Å². The molecule has 0 radical (unpaired) electrons. The molecular formula is C13H19ClN2O3. The van der Waals surface area contributed by atoms with E-state index in [4.69, 9.17) is 21.4 Å². The van der Waals surface area contributed by atoms with Gasteiger partial charge in [0.2, 0.25) is 0 Å². The van der Waals surface area contributed by atoms with Gasteiger partial charge < -0.3 is 9.84 Å². The van der Waals surface area contributed by atoms with Gasteiger partial charge in [0.05, 0.1) is 18.8 Å². The van der Waals surface area contributed by atoms with Gasteiger partial charge in [-0.05, 0) is 38.5 Å². The van der Waals surface area contributed by atoms with Gasteiger partial charge in [-0.1, -0.05) is 11.6 Å². The monoisotopic (exact) mass is 286 g/mol. The molecule has 1 heterocycles. The van der Waals surface area contributed by atoms with Crippen LogP contribution in [-0.4, -0.2) is 34.1 Å². The second-order valence-corrected chi connectivity index (χ2v) is 5.23. The highest BCUT2D eigenvalue weighted by atomic mass is 35.5. The number of aliphatic hydroxyl groups excluding tert-OH is 1. The summed E-state index contributed by atoms with van der Waals surface area (Å²) in [4.78, 5) is 11.7. The van der Waals surface area contributed by atoms with Crippen LogP contribution < -0.4 is 0 Å². The standard InChI is InChI=1S/C13H19ClN2O3/c1-2-19-13(18)11-7-15-16(12(11)14)10-5-3-9(8-17)4-6-10/h7,9-10,17H,2-6,8H2,1H3/t9-,10-. The second kappa shape index (κ2) is 6.39. The highest BCUT2D eigenvalue weighted by Crippen LogP contribution is 2.34. The molecule has 6 heteroatoms. The Morgan fingerprint density at radius 1 is 1.53 bits per heavy atom. The summed E-state index contributed by atoms with van der Waals surface area (Å²) < 4.78 is 6.64. The fraction of sp³-hybridized carbons (Fsp3) is 0.692. The zero-order chi connectivity index (χ0) is 13.8. The van der Waals surface area contributed by atoms with Crippen LogP contribution in [0.25, 0.3) is 0 Å². The fourth-order valence-corrected chi connectivity index (χ4v) is 2.83. The molecule has 5 nitrogen and oxygen atoms in total. The molecule has 1 saturated carbocycles. The molecule has 0 aromatic carbocycles. The number of aliphatic hydroxyl groups is 1. The molecule has 0 atom stereocenters. The Bertz CT molecular complexity index is 439. The third-order valence-corrected chi connectivity index (χ3v) is 4.03. The quantitative estimate of drug-likeness (QED) is 0.864. The van der Waals surface area contributed by atoms with Gasteiger partial charge in [-0.3, -0.25) is 4.68 Å². The first-order chi connectivity index (χ1) is 9.17. The summed E-state index contributed by atoms with van der Waals surface area (Å²) in [5, 5.41) is 13.7. The molecule has 0 amide bonds.